The molecule has 1 aliphatic carbocycles. The van der Waals surface area contributed by atoms with Crippen molar-refractivity contribution in [3.63, 3.8) is 0 Å². The van der Waals surface area contributed by atoms with E-state index < -0.39 is 5.91 Å². The fourth-order valence-electron chi connectivity index (χ4n) is 3.97. The van der Waals surface area contributed by atoms with Crippen LogP contribution in [0.1, 0.15) is 56.0 Å². The van der Waals surface area contributed by atoms with Gasteiger partial charge in [-0.1, -0.05) is 12.1 Å². The van der Waals surface area contributed by atoms with Gasteiger partial charge in [0.1, 0.15) is 23.3 Å². The summed E-state index contributed by atoms with van der Waals surface area (Å²) >= 11 is 0. The lowest BCUT2D eigenvalue weighted by atomic mass is 9.82. The van der Waals surface area contributed by atoms with E-state index in [1.807, 2.05) is 0 Å². The Morgan fingerprint density at radius 2 is 1.71 bits per heavy atom. The van der Waals surface area contributed by atoms with Crippen LogP contribution in [0.25, 0.3) is 11.2 Å². The number of ketones is 2. The molecule has 0 radical (unpaired) electrons. The predicted octanol–water partition coefficient (Wildman–Crippen LogP) is 3.18. The summed E-state index contributed by atoms with van der Waals surface area (Å²) in [5, 5.41) is 2.70. The van der Waals surface area contributed by atoms with Crippen LogP contribution in [0, 0.1) is 0 Å². The number of aromatic nitrogens is 4. The van der Waals surface area contributed by atoms with E-state index in [2.05, 4.69) is 25.3 Å². The second kappa shape index (κ2) is 8.39. The number of H-pyrrole nitrogens is 1. The molecule has 0 spiro atoms. The van der Waals surface area contributed by atoms with Crippen LogP contribution in [0.2, 0.25) is 0 Å². The van der Waals surface area contributed by atoms with Crippen molar-refractivity contribution in [1.82, 2.24) is 19.9 Å². The SMILES string of the molecule is CCOc1cccc2c1C(=O)c1c(OCC)cc(C(=O)Nc3ncnc4nc[nH]c34)cc1C2=O. The van der Waals surface area contributed by atoms with Crippen molar-refractivity contribution in [2.24, 2.45) is 0 Å². The molecule has 0 aliphatic heterocycles. The molecule has 1 amide bonds. The third-order valence-electron chi connectivity index (χ3n) is 5.39. The van der Waals surface area contributed by atoms with Crippen LogP contribution in [-0.2, 0) is 0 Å². The second-order valence-electron chi connectivity index (χ2n) is 7.38. The molecule has 5 rings (SSSR count). The molecule has 2 aromatic carbocycles. The number of imidazole rings is 1. The number of hydrogen-bond acceptors (Lipinski definition) is 8. The lowest BCUT2D eigenvalue weighted by molar-refractivity contribution is 0.0971. The van der Waals surface area contributed by atoms with Gasteiger partial charge >= 0.3 is 0 Å². The van der Waals surface area contributed by atoms with Gasteiger partial charge in [-0.25, -0.2) is 15.0 Å². The minimum absolute atomic E-state index is 0.0941. The molecular weight excluding hydrogens is 438 g/mol. The highest BCUT2D eigenvalue weighted by Gasteiger charge is 2.36. The van der Waals surface area contributed by atoms with E-state index in [1.165, 1.54) is 24.8 Å². The summed E-state index contributed by atoms with van der Waals surface area (Å²) in [7, 11) is 0. The summed E-state index contributed by atoms with van der Waals surface area (Å²) in [6.45, 7) is 4.13. The number of benzene rings is 2. The highest BCUT2D eigenvalue weighted by molar-refractivity contribution is 6.30. The van der Waals surface area contributed by atoms with Crippen molar-refractivity contribution in [3.8, 4) is 11.5 Å². The smallest absolute Gasteiger partial charge is 0.257 e. The van der Waals surface area contributed by atoms with Crippen molar-refractivity contribution >= 4 is 34.5 Å². The number of carbonyl (C=O) groups is 3. The third-order valence-corrected chi connectivity index (χ3v) is 5.39. The molecule has 34 heavy (non-hydrogen) atoms. The van der Waals surface area contributed by atoms with Crippen LogP contribution in [0.15, 0.2) is 43.0 Å². The predicted molar refractivity (Wildman–Crippen MR) is 122 cm³/mol. The molecule has 2 aromatic heterocycles. The zero-order chi connectivity index (χ0) is 23.8. The summed E-state index contributed by atoms with van der Waals surface area (Å²) in [5.41, 5.74) is 1.62. The van der Waals surface area contributed by atoms with Crippen LogP contribution < -0.4 is 14.8 Å². The van der Waals surface area contributed by atoms with Gasteiger partial charge in [-0.3, -0.25) is 14.4 Å². The maximum atomic E-state index is 13.5. The number of nitrogens with one attached hydrogen (secondary N) is 2. The van der Waals surface area contributed by atoms with E-state index in [0.717, 1.165) is 0 Å². The Morgan fingerprint density at radius 3 is 2.50 bits per heavy atom. The molecule has 1 aliphatic rings. The van der Waals surface area contributed by atoms with E-state index in [9.17, 15) is 14.4 Å². The highest BCUT2D eigenvalue weighted by atomic mass is 16.5. The number of fused-ring (bicyclic) bond motifs is 3. The lowest BCUT2D eigenvalue weighted by Gasteiger charge is -2.23. The number of anilines is 1. The van der Waals surface area contributed by atoms with E-state index in [1.54, 1.807) is 32.0 Å². The topological polar surface area (TPSA) is 136 Å². The standard InChI is InChI=1S/C24H19N5O5/c1-3-33-15-7-5-6-13-17(15)21(31)18-14(20(13)30)8-12(9-16(18)34-4-2)24(32)29-23-19-22(26-10-25-19)27-11-28-23/h5-11H,3-4H2,1-2H3,(H2,25,26,27,28,29,32). The van der Waals surface area contributed by atoms with Crippen LogP contribution in [0.4, 0.5) is 5.82 Å². The molecule has 0 saturated heterocycles. The Balaban J connectivity index is 1.60. The molecule has 0 bridgehead atoms. The monoisotopic (exact) mass is 457 g/mol. The van der Waals surface area contributed by atoms with Gasteiger partial charge in [0.15, 0.2) is 17.2 Å². The molecule has 0 saturated carbocycles. The molecule has 0 atom stereocenters. The highest BCUT2D eigenvalue weighted by Crippen LogP contribution is 2.38. The van der Waals surface area contributed by atoms with Crippen molar-refractivity contribution < 1.29 is 23.9 Å². The third kappa shape index (κ3) is 3.36. The molecular formula is C24H19N5O5. The second-order valence-corrected chi connectivity index (χ2v) is 7.38. The Morgan fingerprint density at radius 1 is 0.941 bits per heavy atom. The minimum atomic E-state index is -0.535. The summed E-state index contributed by atoms with van der Waals surface area (Å²) in [4.78, 5) is 55.1. The first-order valence-corrected chi connectivity index (χ1v) is 10.6. The molecule has 10 heteroatoms. The number of hydrogen-bond donors (Lipinski definition) is 2. The van der Waals surface area contributed by atoms with Gasteiger partial charge in [0.25, 0.3) is 5.91 Å². The van der Waals surface area contributed by atoms with Gasteiger partial charge in [-0.2, -0.15) is 0 Å². The fraction of sp³-hybridized carbons (Fsp3) is 0.167. The molecule has 4 aromatic rings. The van der Waals surface area contributed by atoms with Crippen molar-refractivity contribution in [2.45, 2.75) is 13.8 Å². The number of nitrogens with zero attached hydrogens (tertiary/aromatic N) is 3. The molecule has 170 valence electrons. The first kappa shape index (κ1) is 21.3. The average molecular weight is 457 g/mol. The maximum Gasteiger partial charge on any atom is 0.257 e. The first-order chi connectivity index (χ1) is 16.5. The van der Waals surface area contributed by atoms with E-state index in [0.29, 0.717) is 23.5 Å². The van der Waals surface area contributed by atoms with Gasteiger partial charge in [-0.05, 0) is 32.0 Å². The van der Waals surface area contributed by atoms with Gasteiger partial charge < -0.3 is 19.8 Å². The lowest BCUT2D eigenvalue weighted by Crippen LogP contribution is -2.24. The molecule has 0 fully saturated rings. The minimum Gasteiger partial charge on any atom is -0.493 e. The Hall–Kier alpha value is -4.60. The first-order valence-electron chi connectivity index (χ1n) is 10.6. The van der Waals surface area contributed by atoms with Crippen LogP contribution in [0.3, 0.4) is 0 Å². The van der Waals surface area contributed by atoms with E-state index in [-0.39, 0.29) is 57.6 Å². The van der Waals surface area contributed by atoms with E-state index in [4.69, 9.17) is 9.47 Å². The molecule has 2 heterocycles. The van der Waals surface area contributed by atoms with Gasteiger partial charge in [0.05, 0.1) is 30.7 Å². The summed E-state index contributed by atoms with van der Waals surface area (Å²) in [6, 6.07) is 7.73. The summed E-state index contributed by atoms with van der Waals surface area (Å²) in [5.74, 6) is -0.598. The zero-order valence-electron chi connectivity index (χ0n) is 18.3. The van der Waals surface area contributed by atoms with Crippen LogP contribution >= 0.6 is 0 Å². The maximum absolute atomic E-state index is 13.5. The zero-order valence-corrected chi connectivity index (χ0v) is 18.3. The number of carbonyl (C=O) groups excluding carboxylic acids is 3. The van der Waals surface area contributed by atoms with Crippen molar-refractivity contribution in [2.75, 3.05) is 18.5 Å². The quantitative estimate of drug-likeness (QED) is 0.397. The summed E-state index contributed by atoms with van der Waals surface area (Å²) in [6.07, 6.45) is 2.73. The number of ether oxygens (including phenoxy) is 2. The Bertz CT molecular complexity index is 1480. The van der Waals surface area contributed by atoms with E-state index >= 15 is 0 Å². The van der Waals surface area contributed by atoms with Crippen LogP contribution in [-0.4, -0.2) is 50.6 Å². The largest absolute Gasteiger partial charge is 0.493 e. The van der Waals surface area contributed by atoms with Crippen molar-refractivity contribution in [1.29, 1.82) is 0 Å². The molecule has 2 N–H and O–H groups in total. The number of rotatable bonds is 6. The Kier molecular flexibility index (Phi) is 5.25. The molecule has 0 unspecified atom stereocenters. The average Bonchev–Trinajstić information content (AvgIpc) is 3.32. The number of amides is 1. The van der Waals surface area contributed by atoms with Gasteiger partial charge in [0, 0.05) is 16.7 Å². The number of aromatic amines is 1. The normalized spacial score (nSPS) is 12.3. The van der Waals surface area contributed by atoms with Crippen molar-refractivity contribution in [3.05, 3.63) is 70.8 Å². The molecule has 10 nitrogen and oxygen atoms in total. The Labute approximate surface area is 193 Å². The van der Waals surface area contributed by atoms with Crippen LogP contribution in [0.5, 0.6) is 11.5 Å². The van der Waals surface area contributed by atoms with Gasteiger partial charge in [0.2, 0.25) is 5.78 Å². The van der Waals surface area contributed by atoms with Gasteiger partial charge in [-0.15, -0.1) is 0 Å². The summed E-state index contributed by atoms with van der Waals surface area (Å²) < 4.78 is 11.3. The fourth-order valence-corrected chi connectivity index (χ4v) is 3.97.